The van der Waals surface area contributed by atoms with Gasteiger partial charge in [-0.15, -0.1) is 0 Å². The molecular weight excluding hydrogens is 213 g/mol. The lowest BCUT2D eigenvalue weighted by molar-refractivity contribution is -0.130. The monoisotopic (exact) mass is 235 g/mol. The summed E-state index contributed by atoms with van der Waals surface area (Å²) in [7, 11) is 5.89. The minimum Gasteiger partial charge on any atom is -0.348 e. The van der Waals surface area contributed by atoms with E-state index in [1.807, 2.05) is 0 Å². The summed E-state index contributed by atoms with van der Waals surface area (Å²) in [5.74, 6) is 0.0818. The van der Waals surface area contributed by atoms with Crippen LogP contribution in [0.1, 0.15) is 32.6 Å². The maximum absolute atomic E-state index is 12.0. The van der Waals surface area contributed by atoms with Gasteiger partial charge in [0, 0.05) is 18.6 Å². The number of carbonyl (C=O) groups is 1. The Bertz CT molecular complexity index is 279. The maximum atomic E-state index is 12.0. The SMILES string of the molecule is [B][C@@H]1CCCN1C(=O)CN[C@@]1(CC)CCNC1. The molecule has 0 aromatic rings. The quantitative estimate of drug-likeness (QED) is 0.665. The van der Waals surface area contributed by atoms with Crippen LogP contribution in [0.5, 0.6) is 0 Å². The van der Waals surface area contributed by atoms with E-state index in [0.717, 1.165) is 45.3 Å². The molecule has 0 unspecified atom stereocenters. The van der Waals surface area contributed by atoms with E-state index >= 15 is 0 Å². The predicted molar refractivity (Wildman–Crippen MR) is 69.0 cm³/mol. The molecule has 1 amide bonds. The molecule has 2 N–H and O–H groups in total. The molecule has 4 nitrogen and oxygen atoms in total. The van der Waals surface area contributed by atoms with E-state index in [4.69, 9.17) is 7.85 Å². The zero-order valence-electron chi connectivity index (χ0n) is 10.7. The number of likely N-dealkylation sites (tertiary alicyclic amines) is 1. The van der Waals surface area contributed by atoms with Crippen molar-refractivity contribution in [3.63, 3.8) is 0 Å². The third-order valence-corrected chi connectivity index (χ3v) is 4.15. The number of hydrogen-bond acceptors (Lipinski definition) is 3. The Labute approximate surface area is 105 Å². The van der Waals surface area contributed by atoms with Gasteiger partial charge in [-0.1, -0.05) is 6.92 Å². The minimum atomic E-state index is -0.0661. The molecule has 2 heterocycles. The molecule has 2 aliphatic rings. The van der Waals surface area contributed by atoms with Crippen LogP contribution in [0.3, 0.4) is 0 Å². The van der Waals surface area contributed by atoms with Gasteiger partial charge in [0.1, 0.15) is 0 Å². The van der Waals surface area contributed by atoms with Crippen molar-refractivity contribution in [3.05, 3.63) is 0 Å². The first-order valence-electron chi connectivity index (χ1n) is 6.68. The zero-order chi connectivity index (χ0) is 12.3. The van der Waals surface area contributed by atoms with Gasteiger partial charge in [0.05, 0.1) is 14.4 Å². The average molecular weight is 235 g/mol. The van der Waals surface area contributed by atoms with Gasteiger partial charge >= 0.3 is 0 Å². The highest BCUT2D eigenvalue weighted by molar-refractivity contribution is 6.13. The molecule has 2 radical (unpaired) electrons. The van der Waals surface area contributed by atoms with Gasteiger partial charge in [-0.25, -0.2) is 0 Å². The minimum absolute atomic E-state index is 0.0661. The first-order chi connectivity index (χ1) is 8.17. The van der Waals surface area contributed by atoms with Gasteiger partial charge < -0.3 is 15.5 Å². The second kappa shape index (κ2) is 5.40. The normalized spacial score (nSPS) is 33.2. The molecule has 2 fully saturated rings. The van der Waals surface area contributed by atoms with Crippen molar-refractivity contribution in [2.75, 3.05) is 26.2 Å². The fraction of sp³-hybridized carbons (Fsp3) is 0.917. The molecule has 2 rings (SSSR count). The van der Waals surface area contributed by atoms with E-state index < -0.39 is 0 Å². The van der Waals surface area contributed by atoms with E-state index in [-0.39, 0.29) is 17.4 Å². The van der Waals surface area contributed by atoms with Crippen LogP contribution in [-0.4, -0.2) is 56.3 Å². The molecule has 5 heteroatoms. The first kappa shape index (κ1) is 12.9. The van der Waals surface area contributed by atoms with Crippen LogP contribution in [0.25, 0.3) is 0 Å². The van der Waals surface area contributed by atoms with Crippen molar-refractivity contribution >= 4 is 13.8 Å². The Kier molecular flexibility index (Phi) is 4.10. The summed E-state index contributed by atoms with van der Waals surface area (Å²) in [6.07, 6.45) is 4.13. The van der Waals surface area contributed by atoms with Crippen molar-refractivity contribution in [2.45, 2.75) is 44.1 Å². The smallest absolute Gasteiger partial charge is 0.236 e. The summed E-state index contributed by atoms with van der Waals surface area (Å²) in [5.41, 5.74) is 0.111. The van der Waals surface area contributed by atoms with Crippen molar-refractivity contribution in [1.29, 1.82) is 0 Å². The molecule has 0 aliphatic carbocycles. The van der Waals surface area contributed by atoms with Crippen molar-refractivity contribution in [1.82, 2.24) is 15.5 Å². The summed E-state index contributed by atoms with van der Waals surface area (Å²) >= 11 is 0. The molecule has 2 saturated heterocycles. The average Bonchev–Trinajstić information content (AvgIpc) is 2.95. The molecule has 0 spiro atoms. The summed E-state index contributed by atoms with van der Waals surface area (Å²) in [5, 5.41) is 6.79. The lowest BCUT2D eigenvalue weighted by Gasteiger charge is -2.30. The molecule has 2 aliphatic heterocycles. The molecule has 17 heavy (non-hydrogen) atoms. The molecule has 2 atom stereocenters. The molecule has 0 aromatic heterocycles. The van der Waals surface area contributed by atoms with Crippen LogP contribution in [-0.2, 0) is 4.79 Å². The van der Waals surface area contributed by atoms with E-state index in [2.05, 4.69) is 17.6 Å². The maximum Gasteiger partial charge on any atom is 0.236 e. The molecule has 0 saturated carbocycles. The van der Waals surface area contributed by atoms with Gasteiger partial charge in [0.2, 0.25) is 5.91 Å². The molecule has 94 valence electrons. The van der Waals surface area contributed by atoms with E-state index in [9.17, 15) is 4.79 Å². The van der Waals surface area contributed by atoms with Crippen LogP contribution >= 0.6 is 0 Å². The fourth-order valence-electron chi connectivity index (χ4n) is 2.79. The Balaban J connectivity index is 1.82. The van der Waals surface area contributed by atoms with Crippen LogP contribution in [0.15, 0.2) is 0 Å². The van der Waals surface area contributed by atoms with Crippen LogP contribution < -0.4 is 10.6 Å². The number of nitrogens with one attached hydrogen (secondary N) is 2. The highest BCUT2D eigenvalue weighted by Crippen LogP contribution is 2.19. The Morgan fingerprint density at radius 1 is 1.65 bits per heavy atom. The molecule has 0 aromatic carbocycles. The van der Waals surface area contributed by atoms with Crippen molar-refractivity contribution in [3.8, 4) is 0 Å². The number of hydrogen-bond donors (Lipinski definition) is 2. The van der Waals surface area contributed by atoms with Crippen LogP contribution in [0.2, 0.25) is 0 Å². The second-order valence-corrected chi connectivity index (χ2v) is 5.21. The summed E-state index contributed by atoms with van der Waals surface area (Å²) in [4.78, 5) is 13.8. The van der Waals surface area contributed by atoms with Crippen LogP contribution in [0.4, 0.5) is 0 Å². The Morgan fingerprint density at radius 2 is 2.47 bits per heavy atom. The van der Waals surface area contributed by atoms with Gasteiger partial charge in [-0.2, -0.15) is 0 Å². The van der Waals surface area contributed by atoms with Gasteiger partial charge in [-0.3, -0.25) is 4.79 Å². The topological polar surface area (TPSA) is 44.4 Å². The van der Waals surface area contributed by atoms with Gasteiger partial charge in [0.25, 0.3) is 0 Å². The lowest BCUT2D eigenvalue weighted by Crippen LogP contribution is -2.51. The fourth-order valence-corrected chi connectivity index (χ4v) is 2.79. The third-order valence-electron chi connectivity index (χ3n) is 4.15. The highest BCUT2D eigenvalue weighted by Gasteiger charge is 2.33. The van der Waals surface area contributed by atoms with E-state index in [1.54, 1.807) is 4.90 Å². The van der Waals surface area contributed by atoms with Crippen LogP contribution in [0, 0.1) is 0 Å². The number of rotatable bonds is 4. The van der Waals surface area contributed by atoms with Gasteiger partial charge in [-0.05, 0) is 38.2 Å². The number of amides is 1. The highest BCUT2D eigenvalue weighted by atomic mass is 16.2. The predicted octanol–water partition coefficient (Wildman–Crippen LogP) is -0.165. The van der Waals surface area contributed by atoms with Crippen molar-refractivity contribution < 1.29 is 4.79 Å². The lowest BCUT2D eigenvalue weighted by atomic mass is 9.93. The zero-order valence-corrected chi connectivity index (χ0v) is 10.7. The second-order valence-electron chi connectivity index (χ2n) is 5.21. The third kappa shape index (κ3) is 2.83. The first-order valence-corrected chi connectivity index (χ1v) is 6.68. The summed E-state index contributed by atoms with van der Waals surface area (Å²) < 4.78 is 0. The van der Waals surface area contributed by atoms with E-state index in [0.29, 0.717) is 6.54 Å². The largest absolute Gasteiger partial charge is 0.348 e. The van der Waals surface area contributed by atoms with Crippen molar-refractivity contribution in [2.24, 2.45) is 0 Å². The van der Waals surface area contributed by atoms with Gasteiger partial charge in [0.15, 0.2) is 0 Å². The summed E-state index contributed by atoms with van der Waals surface area (Å²) in [6.45, 7) is 5.41. The van der Waals surface area contributed by atoms with E-state index in [1.165, 1.54) is 0 Å². The number of nitrogens with zero attached hydrogens (tertiary/aromatic N) is 1. The molecular formula is C12H22BN3O. The summed E-state index contributed by atoms with van der Waals surface area (Å²) in [6, 6.07) is 0. The molecule has 0 bridgehead atoms. The Morgan fingerprint density at radius 3 is 3.00 bits per heavy atom. The number of carbonyl (C=O) groups excluding carboxylic acids is 1. The Hall–Kier alpha value is -0.545. The standard InChI is InChI=1S/C12H22BN3O/c1-2-12(5-6-14-9-12)15-8-11(17)16-7-3-4-10(16)13/h10,14-15H,2-9H2,1H3/t10-,12-/m0/s1.